The first-order valence-electron chi connectivity index (χ1n) is 5.61. The second-order valence-electron chi connectivity index (χ2n) is 3.78. The molecule has 1 saturated heterocycles. The summed E-state index contributed by atoms with van der Waals surface area (Å²) in [6.45, 7) is 2.54. The van der Waals surface area contributed by atoms with E-state index in [0.717, 1.165) is 15.8 Å². The molecule has 1 aromatic carbocycles. The summed E-state index contributed by atoms with van der Waals surface area (Å²) in [5.41, 5.74) is 0.862. The zero-order chi connectivity index (χ0) is 13.1. The third-order valence-electron chi connectivity index (χ3n) is 2.61. The molecule has 0 spiro atoms. The highest BCUT2D eigenvalue weighted by molar-refractivity contribution is 9.10. The highest BCUT2D eigenvalue weighted by atomic mass is 79.9. The van der Waals surface area contributed by atoms with Gasteiger partial charge in [0.15, 0.2) is 5.96 Å². The Balaban J connectivity index is 2.25. The zero-order valence-electron chi connectivity index (χ0n) is 10.2. The van der Waals surface area contributed by atoms with Crippen molar-refractivity contribution in [2.75, 3.05) is 13.7 Å². The average Bonchev–Trinajstić information content (AvgIpc) is 2.71. The van der Waals surface area contributed by atoms with E-state index in [1.807, 2.05) is 25.1 Å². The van der Waals surface area contributed by atoms with E-state index in [1.165, 1.54) is 0 Å². The van der Waals surface area contributed by atoms with E-state index in [2.05, 4.69) is 31.6 Å². The van der Waals surface area contributed by atoms with Crippen LogP contribution >= 0.6 is 15.9 Å². The molecule has 1 atom stereocenters. The summed E-state index contributed by atoms with van der Waals surface area (Å²) in [5.74, 6) is 1.17. The van der Waals surface area contributed by atoms with Gasteiger partial charge in [0.1, 0.15) is 11.8 Å². The summed E-state index contributed by atoms with van der Waals surface area (Å²) in [6, 6.07) is 5.14. The lowest BCUT2D eigenvalue weighted by molar-refractivity contribution is -0.120. The van der Waals surface area contributed by atoms with Crippen molar-refractivity contribution in [1.29, 1.82) is 0 Å². The van der Waals surface area contributed by atoms with Crippen molar-refractivity contribution >= 4 is 27.8 Å². The molecule has 96 valence electrons. The molecule has 0 bridgehead atoms. The zero-order valence-corrected chi connectivity index (χ0v) is 11.7. The maximum atomic E-state index is 11.8. The van der Waals surface area contributed by atoms with Crippen LogP contribution in [0.1, 0.15) is 18.5 Å². The van der Waals surface area contributed by atoms with Crippen molar-refractivity contribution in [2.24, 2.45) is 4.99 Å². The first-order chi connectivity index (χ1) is 8.65. The molecule has 6 heteroatoms. The predicted molar refractivity (Wildman–Crippen MR) is 72.7 cm³/mol. The molecule has 1 fully saturated rings. The third-order valence-corrected chi connectivity index (χ3v) is 3.23. The Labute approximate surface area is 114 Å². The van der Waals surface area contributed by atoms with Crippen LogP contribution in [0.4, 0.5) is 0 Å². The number of amides is 1. The Hall–Kier alpha value is -1.56. The van der Waals surface area contributed by atoms with Crippen molar-refractivity contribution in [3.05, 3.63) is 28.2 Å². The maximum Gasteiger partial charge on any atom is 0.253 e. The van der Waals surface area contributed by atoms with Gasteiger partial charge in [-0.05, 0) is 40.5 Å². The fraction of sp³-hybridized carbons (Fsp3) is 0.333. The smallest absolute Gasteiger partial charge is 0.253 e. The Morgan fingerprint density at radius 1 is 1.50 bits per heavy atom. The van der Waals surface area contributed by atoms with Crippen molar-refractivity contribution < 1.29 is 9.53 Å². The van der Waals surface area contributed by atoms with Gasteiger partial charge in [-0.2, -0.15) is 0 Å². The second-order valence-corrected chi connectivity index (χ2v) is 4.64. The lowest BCUT2D eigenvalue weighted by atomic mass is 10.1. The molecule has 0 aromatic heterocycles. The van der Waals surface area contributed by atoms with Gasteiger partial charge in [0.05, 0.1) is 11.6 Å². The number of methoxy groups -OCH3 is 1. The van der Waals surface area contributed by atoms with E-state index in [4.69, 9.17) is 4.74 Å². The lowest BCUT2D eigenvalue weighted by Gasteiger charge is -2.10. The number of hydrogen-bond donors (Lipinski definition) is 2. The van der Waals surface area contributed by atoms with Crippen LogP contribution in [-0.4, -0.2) is 25.5 Å². The van der Waals surface area contributed by atoms with E-state index in [1.54, 1.807) is 7.11 Å². The van der Waals surface area contributed by atoms with Gasteiger partial charge in [0.2, 0.25) is 0 Å². The average molecular weight is 312 g/mol. The summed E-state index contributed by atoms with van der Waals surface area (Å²) in [6.07, 6.45) is 0. The maximum absolute atomic E-state index is 11.8. The van der Waals surface area contributed by atoms with E-state index in [0.29, 0.717) is 12.5 Å². The van der Waals surface area contributed by atoms with Crippen LogP contribution in [0.3, 0.4) is 0 Å². The molecule has 1 aliphatic heterocycles. The van der Waals surface area contributed by atoms with Crippen LogP contribution < -0.4 is 15.4 Å². The minimum absolute atomic E-state index is 0.0979. The molecule has 18 heavy (non-hydrogen) atoms. The van der Waals surface area contributed by atoms with Gasteiger partial charge in [0.25, 0.3) is 5.91 Å². The highest BCUT2D eigenvalue weighted by Gasteiger charge is 2.29. The molecule has 2 N–H and O–H groups in total. The highest BCUT2D eigenvalue weighted by Crippen LogP contribution is 2.28. The molecule has 1 unspecified atom stereocenters. The van der Waals surface area contributed by atoms with Crippen LogP contribution in [-0.2, 0) is 4.79 Å². The normalized spacial score (nSPS) is 20.7. The molecule has 1 aliphatic rings. The quantitative estimate of drug-likeness (QED) is 0.891. The Morgan fingerprint density at radius 3 is 2.89 bits per heavy atom. The van der Waals surface area contributed by atoms with Crippen LogP contribution in [0.25, 0.3) is 0 Å². The first-order valence-corrected chi connectivity index (χ1v) is 6.40. The number of halogens is 1. The molecular weight excluding hydrogens is 298 g/mol. The van der Waals surface area contributed by atoms with Crippen LogP contribution in [0.2, 0.25) is 0 Å². The largest absolute Gasteiger partial charge is 0.496 e. The van der Waals surface area contributed by atoms with Gasteiger partial charge in [-0.1, -0.05) is 6.07 Å². The molecule has 5 nitrogen and oxygen atoms in total. The number of ether oxygens (including phenoxy) is 1. The van der Waals surface area contributed by atoms with Gasteiger partial charge in [-0.25, -0.2) is 0 Å². The van der Waals surface area contributed by atoms with Crippen molar-refractivity contribution in [3.8, 4) is 5.75 Å². The fourth-order valence-corrected chi connectivity index (χ4v) is 2.33. The minimum Gasteiger partial charge on any atom is -0.496 e. The number of guanidine groups is 1. The number of carbonyl (C=O) groups excluding carboxylic acids is 1. The molecule has 1 aromatic rings. The molecule has 1 heterocycles. The van der Waals surface area contributed by atoms with Gasteiger partial charge >= 0.3 is 0 Å². The summed E-state index contributed by atoms with van der Waals surface area (Å²) in [7, 11) is 1.60. The Morgan fingerprint density at radius 2 is 2.28 bits per heavy atom. The molecular formula is C12H14BrN3O2. The van der Waals surface area contributed by atoms with Gasteiger partial charge < -0.3 is 10.1 Å². The standard InChI is InChI=1S/C12H14BrN3O2/c1-3-14-12-15-10(11(17)16-12)7-4-5-9(18-2)8(13)6-7/h4-6,10H,3H2,1-2H3,(H2,14,15,16,17). The molecule has 0 aliphatic carbocycles. The molecule has 2 rings (SSSR count). The number of benzene rings is 1. The third kappa shape index (κ3) is 2.48. The fourth-order valence-electron chi connectivity index (χ4n) is 1.77. The van der Waals surface area contributed by atoms with Crippen LogP contribution in [0, 0.1) is 0 Å². The van der Waals surface area contributed by atoms with E-state index in [9.17, 15) is 4.79 Å². The van der Waals surface area contributed by atoms with Crippen LogP contribution in [0.15, 0.2) is 27.7 Å². The number of nitrogens with one attached hydrogen (secondary N) is 2. The number of nitrogens with zero attached hydrogens (tertiary/aromatic N) is 1. The number of carbonyl (C=O) groups is 1. The Bertz CT molecular complexity index is 502. The van der Waals surface area contributed by atoms with E-state index >= 15 is 0 Å². The van der Waals surface area contributed by atoms with Gasteiger partial charge in [-0.3, -0.25) is 15.1 Å². The molecule has 0 radical (unpaired) electrons. The molecule has 0 saturated carbocycles. The summed E-state index contributed by atoms with van der Waals surface area (Å²) in [5, 5.41) is 5.76. The summed E-state index contributed by atoms with van der Waals surface area (Å²) in [4.78, 5) is 16.0. The number of rotatable bonds is 3. The molecule has 1 amide bonds. The van der Waals surface area contributed by atoms with Gasteiger partial charge in [-0.15, -0.1) is 0 Å². The topological polar surface area (TPSA) is 62.7 Å². The predicted octanol–water partition coefficient (Wildman–Crippen LogP) is 1.59. The number of aliphatic imine (C=N–C) groups is 1. The lowest BCUT2D eigenvalue weighted by Crippen LogP contribution is -2.25. The van der Waals surface area contributed by atoms with Crippen molar-refractivity contribution in [2.45, 2.75) is 13.0 Å². The second kappa shape index (κ2) is 5.39. The monoisotopic (exact) mass is 311 g/mol. The van der Waals surface area contributed by atoms with Crippen molar-refractivity contribution in [1.82, 2.24) is 10.6 Å². The summed E-state index contributed by atoms with van der Waals surface area (Å²) >= 11 is 3.41. The number of hydrogen-bond acceptors (Lipinski definition) is 3. The van der Waals surface area contributed by atoms with E-state index < -0.39 is 6.04 Å². The minimum atomic E-state index is -0.405. The Kier molecular flexibility index (Phi) is 3.86. The van der Waals surface area contributed by atoms with E-state index in [-0.39, 0.29) is 5.91 Å². The van der Waals surface area contributed by atoms with Gasteiger partial charge in [0, 0.05) is 6.54 Å². The first kappa shape index (κ1) is 12.9. The van der Waals surface area contributed by atoms with Crippen LogP contribution in [0.5, 0.6) is 5.75 Å². The van der Waals surface area contributed by atoms with Crippen molar-refractivity contribution in [3.63, 3.8) is 0 Å². The SMILES string of the molecule is CCN=C1NC(=O)C(c2ccc(OC)c(Br)c2)N1. The summed E-state index contributed by atoms with van der Waals surface area (Å²) < 4.78 is 5.98.